The van der Waals surface area contributed by atoms with Crippen molar-refractivity contribution in [2.24, 2.45) is 11.7 Å². The highest BCUT2D eigenvalue weighted by Crippen LogP contribution is 2.44. The zero-order chi connectivity index (χ0) is 20.4. The van der Waals surface area contributed by atoms with E-state index in [2.05, 4.69) is 48.3 Å². The first-order valence-electron chi connectivity index (χ1n) is 10.4. The first-order chi connectivity index (χ1) is 13.1. The second kappa shape index (κ2) is 9.20. The van der Waals surface area contributed by atoms with Crippen LogP contribution in [-0.2, 0) is 21.9 Å². The van der Waals surface area contributed by atoms with E-state index < -0.39 is 13.4 Å². The van der Waals surface area contributed by atoms with Gasteiger partial charge in [-0.2, -0.15) is 11.8 Å². The fourth-order valence-electron chi connectivity index (χ4n) is 4.61. The van der Waals surface area contributed by atoms with Crippen LogP contribution < -0.4 is 5.73 Å². The minimum Gasteiger partial charge on any atom is -0.323 e. The van der Waals surface area contributed by atoms with E-state index in [4.69, 9.17) is 15.5 Å². The van der Waals surface area contributed by atoms with Crippen molar-refractivity contribution in [3.63, 3.8) is 0 Å². The van der Waals surface area contributed by atoms with Crippen LogP contribution in [0, 0.1) is 5.92 Å². The molecule has 28 heavy (non-hydrogen) atoms. The van der Waals surface area contributed by atoms with Gasteiger partial charge < -0.3 is 15.5 Å². The molecule has 4 N–H and O–H groups in total. The third-order valence-electron chi connectivity index (χ3n) is 6.17. The van der Waals surface area contributed by atoms with Crippen molar-refractivity contribution in [2.45, 2.75) is 75.5 Å². The van der Waals surface area contributed by atoms with Gasteiger partial charge in [0.2, 0.25) is 0 Å². The number of thioether (sulfide) groups is 1. The maximum atomic E-state index is 11.0. The zero-order valence-electron chi connectivity index (χ0n) is 17.0. The van der Waals surface area contributed by atoms with Crippen LogP contribution in [0.1, 0.15) is 68.6 Å². The quantitative estimate of drug-likeness (QED) is 0.533. The van der Waals surface area contributed by atoms with Crippen molar-refractivity contribution in [3.05, 3.63) is 34.9 Å². The Morgan fingerprint density at radius 2 is 2.11 bits per heavy atom. The Bertz CT molecular complexity index is 722. The van der Waals surface area contributed by atoms with E-state index in [1.54, 1.807) is 0 Å². The monoisotopic (exact) mass is 427 g/mol. The van der Waals surface area contributed by atoms with Crippen molar-refractivity contribution < 1.29 is 18.9 Å². The smallest absolute Gasteiger partial charge is 0.323 e. The molecule has 0 radical (unpaired) electrons. The van der Waals surface area contributed by atoms with Gasteiger partial charge in [-0.15, -0.1) is 0 Å². The molecule has 2 aliphatic carbocycles. The van der Waals surface area contributed by atoms with Crippen LogP contribution in [0.4, 0.5) is 0 Å². The van der Waals surface area contributed by atoms with Gasteiger partial charge in [0.25, 0.3) is 0 Å². The van der Waals surface area contributed by atoms with E-state index in [9.17, 15) is 4.57 Å². The Kier molecular flexibility index (Phi) is 7.33. The molecular formula is C21H34NO4PS. The highest BCUT2D eigenvalue weighted by atomic mass is 32.2. The zero-order valence-corrected chi connectivity index (χ0v) is 18.7. The average Bonchev–Trinajstić information content (AvgIpc) is 3.02. The van der Waals surface area contributed by atoms with Gasteiger partial charge in [0, 0.05) is 5.54 Å². The van der Waals surface area contributed by atoms with Crippen molar-refractivity contribution in [1.82, 2.24) is 0 Å². The minimum atomic E-state index is -4.47. The summed E-state index contributed by atoms with van der Waals surface area (Å²) in [5.74, 6) is 2.40. The molecule has 1 saturated carbocycles. The molecule has 0 aromatic heterocycles. The fourth-order valence-corrected chi connectivity index (χ4v) is 5.97. The second-order valence-electron chi connectivity index (χ2n) is 8.91. The molecule has 0 saturated heterocycles. The Hall–Kier alpha value is -0.360. The maximum Gasteiger partial charge on any atom is 0.469 e. The van der Waals surface area contributed by atoms with E-state index in [0.717, 1.165) is 25.2 Å². The summed E-state index contributed by atoms with van der Waals surface area (Å²) in [4.78, 5) is 17.9. The Labute approximate surface area is 173 Å². The standard InChI is InChI=1S/C21H34NO4PS/c1-15(2)28-10-8-16-3-4-18-12-19(6-5-17(18)11-16)20-7-9-21(22,13-20)14-26-27(23,24)25/h5-6,12,15-16,20H,3-4,7-11,13-14,22H2,1-2H3,(H2,23,24,25)/t16-,20+,21-/m1/s1. The number of hydrogen-bond donors (Lipinski definition) is 3. The third-order valence-corrected chi connectivity index (χ3v) is 7.78. The molecule has 2 aliphatic rings. The summed E-state index contributed by atoms with van der Waals surface area (Å²) in [7, 11) is -4.47. The van der Waals surface area contributed by atoms with Gasteiger partial charge in [0.1, 0.15) is 0 Å². The van der Waals surface area contributed by atoms with Crippen LogP contribution in [-0.4, -0.2) is 32.9 Å². The lowest BCUT2D eigenvalue weighted by Crippen LogP contribution is -2.41. The van der Waals surface area contributed by atoms with E-state index in [1.165, 1.54) is 41.7 Å². The Morgan fingerprint density at radius 1 is 1.32 bits per heavy atom. The highest BCUT2D eigenvalue weighted by Gasteiger charge is 2.38. The number of aryl methyl sites for hydroxylation is 1. The molecular weight excluding hydrogens is 393 g/mol. The molecule has 3 rings (SSSR count). The number of benzene rings is 1. The Morgan fingerprint density at radius 3 is 2.82 bits per heavy atom. The summed E-state index contributed by atoms with van der Waals surface area (Å²) in [6.07, 6.45) is 7.30. The van der Waals surface area contributed by atoms with Crippen molar-refractivity contribution in [3.8, 4) is 0 Å². The molecule has 0 heterocycles. The molecule has 0 aliphatic heterocycles. The lowest BCUT2D eigenvalue weighted by Gasteiger charge is -2.27. The molecule has 0 amide bonds. The van der Waals surface area contributed by atoms with Gasteiger partial charge in [-0.1, -0.05) is 32.0 Å². The van der Waals surface area contributed by atoms with Gasteiger partial charge in [0.05, 0.1) is 6.61 Å². The SMILES string of the molecule is CC(C)SCC[C@H]1CCc2cc([C@H]3CC[C@](N)(COP(=O)(O)O)C3)ccc2C1. The van der Waals surface area contributed by atoms with Gasteiger partial charge in [-0.05, 0) is 84.5 Å². The highest BCUT2D eigenvalue weighted by molar-refractivity contribution is 7.99. The van der Waals surface area contributed by atoms with Gasteiger partial charge >= 0.3 is 7.82 Å². The predicted octanol–water partition coefficient (Wildman–Crippen LogP) is 4.40. The Balaban J connectivity index is 1.57. The molecule has 0 unspecified atom stereocenters. The number of phosphoric acid groups is 1. The maximum absolute atomic E-state index is 11.0. The van der Waals surface area contributed by atoms with E-state index in [0.29, 0.717) is 17.6 Å². The summed E-state index contributed by atoms with van der Waals surface area (Å²) in [5, 5.41) is 0.714. The van der Waals surface area contributed by atoms with Crippen LogP contribution >= 0.6 is 19.6 Å². The normalized spacial score (nSPS) is 27.9. The summed E-state index contributed by atoms with van der Waals surface area (Å²) < 4.78 is 15.7. The number of fused-ring (bicyclic) bond motifs is 1. The number of rotatable bonds is 8. The number of hydrogen-bond acceptors (Lipinski definition) is 4. The number of phosphoric ester groups is 1. The first kappa shape index (κ1) is 22.3. The third kappa shape index (κ3) is 6.32. The van der Waals surface area contributed by atoms with E-state index >= 15 is 0 Å². The minimum absolute atomic E-state index is 0.0885. The fraction of sp³-hybridized carbons (Fsp3) is 0.714. The van der Waals surface area contributed by atoms with E-state index in [1.807, 2.05) is 0 Å². The lowest BCUT2D eigenvalue weighted by atomic mass is 9.80. The van der Waals surface area contributed by atoms with Crippen molar-refractivity contribution >= 4 is 19.6 Å². The molecule has 3 atom stereocenters. The topological polar surface area (TPSA) is 92.8 Å². The molecule has 7 heteroatoms. The van der Waals surface area contributed by atoms with Crippen molar-refractivity contribution in [2.75, 3.05) is 12.4 Å². The predicted molar refractivity (Wildman–Crippen MR) is 116 cm³/mol. The van der Waals surface area contributed by atoms with Crippen LogP contribution in [0.5, 0.6) is 0 Å². The van der Waals surface area contributed by atoms with Crippen LogP contribution in [0.3, 0.4) is 0 Å². The summed E-state index contributed by atoms with van der Waals surface area (Å²) >= 11 is 2.06. The van der Waals surface area contributed by atoms with E-state index in [-0.39, 0.29) is 6.61 Å². The van der Waals surface area contributed by atoms with Crippen LogP contribution in [0.2, 0.25) is 0 Å². The average molecular weight is 428 g/mol. The number of nitrogens with two attached hydrogens (primary N) is 1. The molecule has 158 valence electrons. The summed E-state index contributed by atoms with van der Waals surface area (Å²) in [6.45, 7) is 4.44. The molecule has 1 fully saturated rings. The second-order valence-corrected chi connectivity index (χ2v) is 11.8. The van der Waals surface area contributed by atoms with Gasteiger partial charge in [-0.25, -0.2) is 4.57 Å². The van der Waals surface area contributed by atoms with Crippen LogP contribution in [0.15, 0.2) is 18.2 Å². The first-order valence-corrected chi connectivity index (χ1v) is 12.9. The van der Waals surface area contributed by atoms with Crippen LogP contribution in [0.25, 0.3) is 0 Å². The molecule has 0 spiro atoms. The molecule has 5 nitrogen and oxygen atoms in total. The summed E-state index contributed by atoms with van der Waals surface area (Å²) in [5.41, 5.74) is 9.99. The molecule has 1 aromatic carbocycles. The van der Waals surface area contributed by atoms with Gasteiger partial charge in [0.15, 0.2) is 0 Å². The molecule has 0 bridgehead atoms. The largest absolute Gasteiger partial charge is 0.469 e. The summed E-state index contributed by atoms with van der Waals surface area (Å²) in [6, 6.07) is 6.90. The molecule has 1 aromatic rings. The van der Waals surface area contributed by atoms with Crippen molar-refractivity contribution in [1.29, 1.82) is 0 Å². The lowest BCUT2D eigenvalue weighted by molar-refractivity contribution is 0.153. The van der Waals surface area contributed by atoms with Gasteiger partial charge in [-0.3, -0.25) is 4.52 Å².